The molecule has 5 heterocycles. The largest absolute Gasteiger partial charge is 2.00 e. The molecule has 25 heteroatoms. The van der Waals surface area contributed by atoms with Crippen molar-refractivity contribution < 1.29 is 98.7 Å². The maximum absolute atomic E-state index is 12.4. The van der Waals surface area contributed by atoms with E-state index in [1.807, 2.05) is 0 Å². The van der Waals surface area contributed by atoms with E-state index in [4.69, 9.17) is 39.9 Å². The number of carboxylic acids is 8. The fraction of sp³-hybridized carbons (Fsp3) is 0.375. The molecule has 458 valence electrons. The van der Waals surface area contributed by atoms with Gasteiger partial charge in [-0.25, -0.2) is 9.97 Å². The van der Waals surface area contributed by atoms with Crippen molar-refractivity contribution in [3.63, 3.8) is 0 Å². The van der Waals surface area contributed by atoms with Gasteiger partial charge in [-0.3, -0.25) is 38.4 Å². The van der Waals surface area contributed by atoms with Crippen molar-refractivity contribution in [2.24, 2.45) is 47.3 Å². The predicted molar refractivity (Wildman–Crippen MR) is 318 cm³/mol. The van der Waals surface area contributed by atoms with Crippen molar-refractivity contribution in [1.82, 2.24) is 39.9 Å². The number of aliphatic carboxylic acids is 8. The SMILES string of the molecule is CC(Cc1cc2c(cc1CC(C)C(=O)O)-c1nc-2nc2[n-]c(nc3nc(nc4[n-]c(n1)c1cc(CC(C)C(=O)O)c(CC(C)C(=O)O)cc41)-c1cc(CC(C)C(=O)O)c(CC(C)C(=O)O)cc1-3)c1cc(CC(C)C(=O)O)c(CC(C)C(=O)O)cc21)C(=O)O.[Zn+2]. The van der Waals surface area contributed by atoms with Crippen molar-refractivity contribution in [1.29, 1.82) is 0 Å². The molecule has 0 saturated carbocycles. The van der Waals surface area contributed by atoms with Crippen LogP contribution in [-0.4, -0.2) is 119 Å². The van der Waals surface area contributed by atoms with Crippen LogP contribution in [-0.2, 0) is 109 Å². The Hall–Kier alpha value is -9.38. The minimum Gasteiger partial charge on any atom is -0.481 e. The summed E-state index contributed by atoms with van der Waals surface area (Å²) in [5.41, 5.74) is 4.94. The van der Waals surface area contributed by atoms with Crippen LogP contribution < -0.4 is 9.97 Å². The summed E-state index contributed by atoms with van der Waals surface area (Å²) in [5.74, 6) is -16.6. The molecule has 4 aromatic carbocycles. The Labute approximate surface area is 520 Å². The zero-order valence-electron chi connectivity index (χ0n) is 50.0. The Balaban J connectivity index is 0.0000102. The van der Waals surface area contributed by atoms with Crippen LogP contribution in [0, 0.1) is 47.3 Å². The van der Waals surface area contributed by atoms with Crippen LogP contribution in [0.25, 0.3) is 89.7 Å². The first-order valence-electron chi connectivity index (χ1n) is 28.6. The van der Waals surface area contributed by atoms with Crippen LogP contribution in [0.5, 0.6) is 0 Å². The molecule has 8 unspecified atom stereocenters. The molecule has 24 nitrogen and oxygen atoms in total. The van der Waals surface area contributed by atoms with Crippen molar-refractivity contribution in [2.45, 2.75) is 107 Å². The van der Waals surface area contributed by atoms with Crippen LogP contribution in [0.3, 0.4) is 0 Å². The molecule has 2 aliphatic rings. The molecular weight excluding hydrogens is 1200 g/mol. The van der Waals surface area contributed by atoms with Crippen LogP contribution in [0.4, 0.5) is 0 Å². The molecule has 8 N–H and O–H groups in total. The van der Waals surface area contributed by atoms with Gasteiger partial charge in [0, 0.05) is 44.8 Å². The molecule has 9 rings (SSSR count). The maximum Gasteiger partial charge on any atom is 2.00 e. The van der Waals surface area contributed by atoms with Gasteiger partial charge in [0.25, 0.3) is 0 Å². The van der Waals surface area contributed by atoms with Gasteiger partial charge < -0.3 is 70.8 Å². The van der Waals surface area contributed by atoms with Gasteiger partial charge >= 0.3 is 67.2 Å². The van der Waals surface area contributed by atoms with Gasteiger partial charge in [0.2, 0.25) is 0 Å². The van der Waals surface area contributed by atoms with Gasteiger partial charge in [-0.15, -0.1) is 0 Å². The first kappa shape index (κ1) is 65.6. The standard InChI is InChI=1S/C64H66N8O16.Zn/c1-25(57(73)74)9-33-17-41-42(18-34(33)10-26(2)58(75)76)50-65-49(41)69-51-43-19-35(11-27(3)59(77)78)36(12-28(4)60(79)80)20-44(43)53(66-51)71-55-47-23-39(15-31(7)63(85)86)40(16-32(8)64(87)88)24-48(47)56(68-55)72-54-46-22-38(14-30(6)62(83)84)37(13-29(5)61(81)82)21-45(46)52(67-54)70-50;/h17-32H,9-16H2,1-8H3,(H10,65,66,67,68,69,70,71,72,73,74,75,76,77,78,79,80,81,82,83,84,85,86,87,88);/q;+2/p-2. The average molecular weight is 1270 g/mol. The molecule has 8 atom stereocenters. The molecule has 0 spiro atoms. The Morgan fingerprint density at radius 3 is 0.573 bits per heavy atom. The van der Waals surface area contributed by atoms with Gasteiger partial charge in [0.1, 0.15) is 0 Å². The molecule has 8 bridgehead atoms. The van der Waals surface area contributed by atoms with E-state index in [0.29, 0.717) is 88.3 Å². The molecule has 0 saturated heterocycles. The molecule has 3 aromatic heterocycles. The van der Waals surface area contributed by atoms with Crippen LogP contribution in [0.2, 0.25) is 0 Å². The van der Waals surface area contributed by atoms with E-state index < -0.39 is 95.1 Å². The van der Waals surface area contributed by atoms with E-state index in [2.05, 4.69) is 0 Å². The van der Waals surface area contributed by atoms with Crippen LogP contribution >= 0.6 is 0 Å². The van der Waals surface area contributed by atoms with Crippen LogP contribution in [0.1, 0.15) is 99.9 Å². The van der Waals surface area contributed by atoms with Crippen LogP contribution in [0.15, 0.2) is 48.5 Å². The Morgan fingerprint density at radius 1 is 0.281 bits per heavy atom. The number of hydrogen-bond donors (Lipinski definition) is 8. The van der Waals surface area contributed by atoms with Gasteiger partial charge in [-0.2, -0.15) is 0 Å². The third-order valence-electron chi connectivity index (χ3n) is 16.6. The topological polar surface area (TPSA) is 404 Å². The van der Waals surface area contributed by atoms with E-state index in [1.165, 1.54) is 55.4 Å². The summed E-state index contributed by atoms with van der Waals surface area (Å²) in [5, 5.41) is 82.5. The summed E-state index contributed by atoms with van der Waals surface area (Å²) in [6, 6.07) is 13.4. The molecule has 2 aliphatic heterocycles. The van der Waals surface area contributed by atoms with E-state index >= 15 is 0 Å². The number of carbonyl (C=O) groups is 8. The number of aromatic nitrogens is 8. The van der Waals surface area contributed by atoms with E-state index in [0.717, 1.165) is 0 Å². The summed E-state index contributed by atoms with van der Waals surface area (Å²) in [7, 11) is 0. The van der Waals surface area contributed by atoms with Crippen molar-refractivity contribution in [3.05, 3.63) is 93.0 Å². The predicted octanol–water partition coefficient (Wildman–Crippen LogP) is 8.23. The van der Waals surface area contributed by atoms with Gasteiger partial charge in [-0.05, 0) is 166 Å². The van der Waals surface area contributed by atoms with Gasteiger partial charge in [0.15, 0.2) is 0 Å². The molecule has 0 aliphatic carbocycles. The molecule has 7 aromatic rings. The van der Waals surface area contributed by atoms with Crippen molar-refractivity contribution in [2.75, 3.05) is 0 Å². The Kier molecular flexibility index (Phi) is 19.3. The normalized spacial score (nSPS) is 14.5. The molecule has 0 fully saturated rings. The number of nitrogens with zero attached hydrogens (tertiary/aromatic N) is 8. The molecule has 0 radical (unpaired) electrons. The van der Waals surface area contributed by atoms with Crippen molar-refractivity contribution >= 4 is 91.9 Å². The summed E-state index contributed by atoms with van der Waals surface area (Å²) < 4.78 is 0. The zero-order chi connectivity index (χ0) is 64.1. The third-order valence-corrected chi connectivity index (χ3v) is 16.6. The van der Waals surface area contributed by atoms with E-state index in [1.54, 1.807) is 48.5 Å². The Bertz CT molecular complexity index is 3760. The second kappa shape index (κ2) is 26.1. The van der Waals surface area contributed by atoms with E-state index in [-0.39, 0.29) is 117 Å². The monoisotopic (exact) mass is 1260 g/mol. The summed E-state index contributed by atoms with van der Waals surface area (Å²) in [6.07, 6.45) is -0.389. The number of benzene rings is 4. The molecule has 89 heavy (non-hydrogen) atoms. The fourth-order valence-electron chi connectivity index (χ4n) is 11.1. The second-order valence-corrected chi connectivity index (χ2v) is 23.7. The summed E-state index contributed by atoms with van der Waals surface area (Å²) in [6.45, 7) is 12.1. The number of hydrogen-bond acceptors (Lipinski definition) is 14. The summed E-state index contributed by atoms with van der Waals surface area (Å²) in [4.78, 5) is 140. The zero-order valence-corrected chi connectivity index (χ0v) is 53.0. The smallest absolute Gasteiger partial charge is 0.481 e. The maximum atomic E-state index is 12.4. The first-order chi connectivity index (χ1) is 41.5. The fourth-order valence-corrected chi connectivity index (χ4v) is 11.1. The minimum absolute atomic E-state index is 0. The average Bonchev–Trinajstić information content (AvgIpc) is 1.63. The summed E-state index contributed by atoms with van der Waals surface area (Å²) >= 11 is 0. The number of fused-ring (bicyclic) bond motifs is 20. The van der Waals surface area contributed by atoms with Crippen molar-refractivity contribution in [3.8, 4) is 45.6 Å². The van der Waals surface area contributed by atoms with Gasteiger partial charge in [-0.1, -0.05) is 55.4 Å². The second-order valence-electron chi connectivity index (χ2n) is 23.7. The molecule has 0 amide bonds. The minimum atomic E-state index is -1.11. The number of carboxylic acid groups (broad SMARTS) is 8. The van der Waals surface area contributed by atoms with E-state index in [9.17, 15) is 79.2 Å². The third kappa shape index (κ3) is 13.8. The first-order valence-corrected chi connectivity index (χ1v) is 28.6. The molecular formula is C64H64N8O16Zn. The van der Waals surface area contributed by atoms with Gasteiger partial charge in [0.05, 0.1) is 70.6 Å². The Morgan fingerprint density at radius 2 is 0.427 bits per heavy atom. The quantitative estimate of drug-likeness (QED) is 0.0264. The number of rotatable bonds is 24.